The van der Waals surface area contributed by atoms with Gasteiger partial charge in [0.2, 0.25) is 0 Å². The van der Waals surface area contributed by atoms with Crippen LogP contribution in [0.25, 0.3) is 0 Å². The van der Waals surface area contributed by atoms with E-state index in [0.29, 0.717) is 17.0 Å². The maximum Gasteiger partial charge on any atom is 0.264 e. The van der Waals surface area contributed by atoms with Crippen LogP contribution in [0, 0.1) is 19.3 Å². The van der Waals surface area contributed by atoms with Crippen molar-refractivity contribution >= 4 is 15.7 Å². The molecule has 2 aromatic rings. The normalized spacial score (nSPS) is 11.2. The lowest BCUT2D eigenvalue weighted by molar-refractivity contribution is 0.240. The molecular formula is C19H21NO3S. The van der Waals surface area contributed by atoms with Crippen LogP contribution in [0.2, 0.25) is 0 Å². The van der Waals surface area contributed by atoms with E-state index < -0.39 is 10.0 Å². The Morgan fingerprint density at radius 1 is 1.17 bits per heavy atom. The highest BCUT2D eigenvalue weighted by Gasteiger charge is 2.22. The second-order valence-corrected chi connectivity index (χ2v) is 7.73. The van der Waals surface area contributed by atoms with Gasteiger partial charge in [-0.25, -0.2) is 8.42 Å². The summed E-state index contributed by atoms with van der Waals surface area (Å²) in [6.07, 6.45) is 5.41. The molecule has 24 heavy (non-hydrogen) atoms. The van der Waals surface area contributed by atoms with E-state index in [1.54, 1.807) is 42.5 Å². The maximum absolute atomic E-state index is 12.9. The van der Waals surface area contributed by atoms with Gasteiger partial charge in [-0.3, -0.25) is 4.31 Å². The summed E-state index contributed by atoms with van der Waals surface area (Å²) in [7, 11) is -2.16. The summed E-state index contributed by atoms with van der Waals surface area (Å²) >= 11 is 0. The quantitative estimate of drug-likeness (QED) is 0.780. The summed E-state index contributed by atoms with van der Waals surface area (Å²) in [4.78, 5) is 0.213. The zero-order chi connectivity index (χ0) is 17.9. The van der Waals surface area contributed by atoms with Gasteiger partial charge >= 0.3 is 0 Å². The minimum atomic E-state index is -3.68. The summed E-state index contributed by atoms with van der Waals surface area (Å²) in [5.74, 6) is 3.19. The van der Waals surface area contributed by atoms with E-state index in [-0.39, 0.29) is 11.0 Å². The Labute approximate surface area is 144 Å². The average molecular weight is 343 g/mol. The molecule has 0 atom stereocenters. The molecule has 0 aliphatic rings. The van der Waals surface area contributed by atoms with Gasteiger partial charge in [0.1, 0.15) is 5.75 Å². The molecule has 0 amide bonds. The predicted molar refractivity (Wildman–Crippen MR) is 96.9 cm³/mol. The molecule has 0 saturated heterocycles. The standard InChI is InChI=1S/C19H21NO3S/c1-6-16-8-7-9-17(13-16)20(5)24(21,22)18-10-11-19(15(4)12-18)23-14(2)3/h1,7-14H,2-5H3. The van der Waals surface area contributed by atoms with Gasteiger partial charge in [-0.15, -0.1) is 6.42 Å². The van der Waals surface area contributed by atoms with Crippen LogP contribution in [-0.2, 0) is 10.0 Å². The third-order valence-electron chi connectivity index (χ3n) is 3.54. The van der Waals surface area contributed by atoms with Gasteiger partial charge in [0.25, 0.3) is 10.0 Å². The molecule has 0 heterocycles. The fourth-order valence-corrected chi connectivity index (χ4v) is 3.53. The van der Waals surface area contributed by atoms with E-state index in [4.69, 9.17) is 11.2 Å². The molecule has 0 aromatic heterocycles. The van der Waals surface area contributed by atoms with Gasteiger partial charge in [-0.1, -0.05) is 12.0 Å². The number of terminal acetylenes is 1. The van der Waals surface area contributed by atoms with Gasteiger partial charge in [0, 0.05) is 12.6 Å². The molecule has 0 bridgehead atoms. The largest absolute Gasteiger partial charge is 0.491 e. The Kier molecular flexibility index (Phi) is 5.20. The number of nitrogens with zero attached hydrogens (tertiary/aromatic N) is 1. The highest BCUT2D eigenvalue weighted by Crippen LogP contribution is 2.27. The first-order valence-electron chi connectivity index (χ1n) is 7.58. The summed E-state index contributed by atoms with van der Waals surface area (Å²) < 4.78 is 32.6. The van der Waals surface area contributed by atoms with Gasteiger partial charge in [-0.2, -0.15) is 0 Å². The van der Waals surface area contributed by atoms with Crippen molar-refractivity contribution in [1.29, 1.82) is 0 Å². The monoisotopic (exact) mass is 343 g/mol. The highest BCUT2D eigenvalue weighted by atomic mass is 32.2. The molecule has 0 spiro atoms. The molecule has 0 aliphatic heterocycles. The number of hydrogen-bond acceptors (Lipinski definition) is 3. The minimum Gasteiger partial charge on any atom is -0.491 e. The first-order chi connectivity index (χ1) is 11.3. The number of benzene rings is 2. The second-order valence-electron chi connectivity index (χ2n) is 5.76. The van der Waals surface area contributed by atoms with Crippen molar-refractivity contribution in [3.8, 4) is 18.1 Å². The van der Waals surface area contributed by atoms with Crippen LogP contribution in [0.1, 0.15) is 25.0 Å². The Morgan fingerprint density at radius 2 is 1.88 bits per heavy atom. The molecule has 0 radical (unpaired) electrons. The smallest absolute Gasteiger partial charge is 0.264 e. The average Bonchev–Trinajstić information content (AvgIpc) is 2.55. The molecule has 0 saturated carbocycles. The van der Waals surface area contributed by atoms with E-state index in [1.807, 2.05) is 20.8 Å². The zero-order valence-corrected chi connectivity index (χ0v) is 15.1. The topological polar surface area (TPSA) is 46.6 Å². The molecular weight excluding hydrogens is 322 g/mol. The molecule has 2 rings (SSSR count). The van der Waals surface area contributed by atoms with Gasteiger partial charge in [0.15, 0.2) is 0 Å². The van der Waals surface area contributed by atoms with Crippen molar-refractivity contribution in [3.05, 3.63) is 53.6 Å². The van der Waals surface area contributed by atoms with Crippen molar-refractivity contribution in [1.82, 2.24) is 0 Å². The minimum absolute atomic E-state index is 0.0281. The van der Waals surface area contributed by atoms with Crippen LogP contribution in [0.3, 0.4) is 0 Å². The predicted octanol–water partition coefficient (Wildman–Crippen LogP) is 3.59. The van der Waals surface area contributed by atoms with Crippen LogP contribution in [0.5, 0.6) is 5.75 Å². The van der Waals surface area contributed by atoms with Crippen LogP contribution in [0.15, 0.2) is 47.4 Å². The fourth-order valence-electron chi connectivity index (χ4n) is 2.26. The van der Waals surface area contributed by atoms with E-state index in [1.165, 1.54) is 11.4 Å². The number of aryl methyl sites for hydroxylation is 1. The van der Waals surface area contributed by atoms with E-state index in [9.17, 15) is 8.42 Å². The molecule has 0 N–H and O–H groups in total. The Hall–Kier alpha value is -2.45. The Morgan fingerprint density at radius 3 is 2.46 bits per heavy atom. The van der Waals surface area contributed by atoms with Crippen molar-refractivity contribution in [2.75, 3.05) is 11.4 Å². The number of sulfonamides is 1. The summed E-state index contributed by atoms with van der Waals surface area (Å²) in [6, 6.07) is 11.7. The van der Waals surface area contributed by atoms with Gasteiger partial charge in [0.05, 0.1) is 16.7 Å². The SMILES string of the molecule is C#Cc1cccc(N(C)S(=O)(=O)c2ccc(OC(C)C)c(C)c2)c1. The molecule has 0 aliphatic carbocycles. The summed E-state index contributed by atoms with van der Waals surface area (Å²) in [5, 5.41) is 0. The zero-order valence-electron chi connectivity index (χ0n) is 14.3. The van der Waals surface area contributed by atoms with Gasteiger partial charge < -0.3 is 4.74 Å². The Bertz CT molecular complexity index is 880. The summed E-state index contributed by atoms with van der Waals surface area (Å²) in [5.41, 5.74) is 1.92. The third kappa shape index (κ3) is 3.72. The number of ether oxygens (including phenoxy) is 1. The van der Waals surface area contributed by atoms with Crippen molar-refractivity contribution in [2.24, 2.45) is 0 Å². The first kappa shape index (κ1) is 17.9. The van der Waals surface area contributed by atoms with E-state index >= 15 is 0 Å². The van der Waals surface area contributed by atoms with Crippen LogP contribution >= 0.6 is 0 Å². The van der Waals surface area contributed by atoms with Crippen molar-refractivity contribution in [3.63, 3.8) is 0 Å². The maximum atomic E-state index is 12.9. The van der Waals surface area contributed by atoms with Gasteiger partial charge in [-0.05, 0) is 62.7 Å². The lowest BCUT2D eigenvalue weighted by Gasteiger charge is -2.21. The lowest BCUT2D eigenvalue weighted by Crippen LogP contribution is -2.26. The lowest BCUT2D eigenvalue weighted by atomic mass is 10.2. The fraction of sp³-hybridized carbons (Fsp3) is 0.263. The van der Waals surface area contributed by atoms with Crippen LogP contribution in [0.4, 0.5) is 5.69 Å². The highest BCUT2D eigenvalue weighted by molar-refractivity contribution is 7.92. The number of hydrogen-bond donors (Lipinski definition) is 0. The second kappa shape index (κ2) is 6.98. The van der Waals surface area contributed by atoms with Crippen LogP contribution in [-0.4, -0.2) is 21.6 Å². The number of anilines is 1. The molecule has 0 fully saturated rings. The Balaban J connectivity index is 2.39. The van der Waals surface area contributed by atoms with Crippen LogP contribution < -0.4 is 9.04 Å². The molecule has 4 nitrogen and oxygen atoms in total. The summed E-state index contributed by atoms with van der Waals surface area (Å²) in [6.45, 7) is 5.68. The molecule has 2 aromatic carbocycles. The van der Waals surface area contributed by atoms with Crippen molar-refractivity contribution in [2.45, 2.75) is 31.8 Å². The number of rotatable bonds is 5. The first-order valence-corrected chi connectivity index (χ1v) is 9.02. The third-order valence-corrected chi connectivity index (χ3v) is 5.33. The molecule has 5 heteroatoms. The molecule has 126 valence electrons. The van der Waals surface area contributed by atoms with E-state index in [2.05, 4.69) is 5.92 Å². The van der Waals surface area contributed by atoms with E-state index in [0.717, 1.165) is 5.56 Å². The van der Waals surface area contributed by atoms with Crippen molar-refractivity contribution < 1.29 is 13.2 Å². The molecule has 0 unspecified atom stereocenters.